The lowest BCUT2D eigenvalue weighted by atomic mass is 10.0. The van der Waals surface area contributed by atoms with Crippen LogP contribution in [0, 0.1) is 0 Å². The summed E-state index contributed by atoms with van der Waals surface area (Å²) in [5.41, 5.74) is 1.18. The lowest BCUT2D eigenvalue weighted by Gasteiger charge is -2.01. The molecule has 0 N–H and O–H groups in total. The number of allylic oxidation sites excluding steroid dienone is 10. The Morgan fingerprint density at radius 1 is 1.00 bits per heavy atom. The van der Waals surface area contributed by atoms with Gasteiger partial charge < -0.3 is 0 Å². The van der Waals surface area contributed by atoms with Gasteiger partial charge in [-0.15, -0.1) is 0 Å². The molecule has 0 spiro atoms. The van der Waals surface area contributed by atoms with Crippen LogP contribution in [0.2, 0.25) is 0 Å². The van der Waals surface area contributed by atoms with Crippen LogP contribution in [-0.2, 0) is 4.79 Å². The van der Waals surface area contributed by atoms with Crippen LogP contribution >= 0.6 is 0 Å². The zero-order chi connectivity index (χ0) is 12.4. The fourth-order valence-electron chi connectivity index (χ4n) is 1.12. The van der Waals surface area contributed by atoms with Crippen molar-refractivity contribution >= 4 is 5.78 Å². The topological polar surface area (TPSA) is 17.1 Å². The molecular weight excluding hydrogens is 196 g/mol. The highest BCUT2D eigenvalue weighted by atomic mass is 16.1. The largest absolute Gasteiger partial charge is 0.289 e. The molecule has 1 nitrogen and oxygen atoms in total. The van der Waals surface area contributed by atoms with Crippen molar-refractivity contribution < 1.29 is 4.79 Å². The van der Waals surface area contributed by atoms with Gasteiger partial charge in [0, 0.05) is 11.1 Å². The van der Waals surface area contributed by atoms with Crippen molar-refractivity contribution in [3.05, 3.63) is 72.9 Å². The van der Waals surface area contributed by atoms with E-state index in [1.165, 1.54) is 0 Å². The molecule has 0 unspecified atom stereocenters. The minimum atomic E-state index is -0.0499. The van der Waals surface area contributed by atoms with Crippen LogP contribution in [0.25, 0.3) is 0 Å². The first-order chi connectivity index (χ1) is 7.71. The molecule has 16 heavy (non-hydrogen) atoms. The van der Waals surface area contributed by atoms with Gasteiger partial charge in [-0.3, -0.25) is 4.79 Å². The minimum Gasteiger partial charge on any atom is -0.289 e. The van der Waals surface area contributed by atoms with E-state index in [4.69, 9.17) is 0 Å². The fourth-order valence-corrected chi connectivity index (χ4v) is 1.12. The molecule has 0 rings (SSSR count). The highest BCUT2D eigenvalue weighted by molar-refractivity contribution is 6.12. The fraction of sp³-hybridized carbons (Fsp3) is 0.133. The van der Waals surface area contributed by atoms with E-state index in [0.29, 0.717) is 11.1 Å². The molecule has 0 saturated carbocycles. The predicted octanol–water partition coefficient (Wildman–Crippen LogP) is 3.93. The second-order valence-electron chi connectivity index (χ2n) is 3.04. The number of hydrogen-bond acceptors (Lipinski definition) is 1. The minimum absolute atomic E-state index is 0.0499. The van der Waals surface area contributed by atoms with Crippen molar-refractivity contribution in [3.8, 4) is 0 Å². The van der Waals surface area contributed by atoms with Crippen molar-refractivity contribution in [3.63, 3.8) is 0 Å². The molecule has 0 fully saturated rings. The Bertz CT molecular complexity index is 376. The van der Waals surface area contributed by atoms with E-state index in [-0.39, 0.29) is 5.78 Å². The van der Waals surface area contributed by atoms with Gasteiger partial charge in [-0.1, -0.05) is 61.8 Å². The first-order valence-corrected chi connectivity index (χ1v) is 5.16. The van der Waals surface area contributed by atoms with E-state index >= 15 is 0 Å². The Morgan fingerprint density at radius 3 is 2.12 bits per heavy atom. The third kappa shape index (κ3) is 4.56. The number of carbonyl (C=O) groups excluding carboxylic acids is 1. The van der Waals surface area contributed by atoms with Crippen LogP contribution in [0.15, 0.2) is 72.9 Å². The third-order valence-electron chi connectivity index (χ3n) is 1.86. The van der Waals surface area contributed by atoms with E-state index in [1.807, 2.05) is 32.1 Å². The number of carbonyl (C=O) groups is 1. The molecule has 0 aliphatic rings. The zero-order valence-corrected chi connectivity index (χ0v) is 9.94. The van der Waals surface area contributed by atoms with E-state index in [9.17, 15) is 4.79 Å². The van der Waals surface area contributed by atoms with E-state index in [2.05, 4.69) is 13.2 Å². The van der Waals surface area contributed by atoms with E-state index in [1.54, 1.807) is 30.4 Å². The molecule has 0 aromatic rings. The Balaban J connectivity index is 5.20. The van der Waals surface area contributed by atoms with Gasteiger partial charge in [0.2, 0.25) is 0 Å². The maximum atomic E-state index is 12.0. The van der Waals surface area contributed by atoms with E-state index < -0.39 is 0 Å². The van der Waals surface area contributed by atoms with Crippen LogP contribution in [0.5, 0.6) is 0 Å². The van der Waals surface area contributed by atoms with Gasteiger partial charge in [0.15, 0.2) is 5.78 Å². The summed E-state index contributed by atoms with van der Waals surface area (Å²) in [6.45, 7) is 11.0. The molecule has 0 aliphatic carbocycles. The standard InChI is InChI=1S/C15H18O/c1-5-9-12-13(8-4)15(16)14(10-6-2)11-7-3/h5-12H,2,4H2,1,3H3/b9-5-,11-7-,13-12+,14-10+. The Labute approximate surface area is 97.9 Å². The quantitative estimate of drug-likeness (QED) is 0.483. The predicted molar refractivity (Wildman–Crippen MR) is 71.2 cm³/mol. The molecule has 1 heteroatoms. The monoisotopic (exact) mass is 214 g/mol. The first kappa shape index (κ1) is 14.1. The SMILES string of the molecule is C=C/C=C(\C=C/C)C(=O)/C(C=C)=C/C=C\C. The number of hydrogen-bond donors (Lipinski definition) is 0. The molecule has 0 saturated heterocycles. The highest BCUT2D eigenvalue weighted by Crippen LogP contribution is 2.09. The molecule has 0 aliphatic heterocycles. The average Bonchev–Trinajstić information content (AvgIpc) is 2.29. The Morgan fingerprint density at radius 2 is 1.69 bits per heavy atom. The van der Waals surface area contributed by atoms with Gasteiger partial charge in [0.05, 0.1) is 0 Å². The molecular formula is C15H18O. The summed E-state index contributed by atoms with van der Waals surface area (Å²) in [6.07, 6.45) is 13.9. The van der Waals surface area contributed by atoms with Gasteiger partial charge >= 0.3 is 0 Å². The molecule has 0 heterocycles. The Hall–Kier alpha value is -1.89. The second-order valence-corrected chi connectivity index (χ2v) is 3.04. The number of ketones is 1. The smallest absolute Gasteiger partial charge is 0.192 e. The van der Waals surface area contributed by atoms with Crippen molar-refractivity contribution in [1.29, 1.82) is 0 Å². The van der Waals surface area contributed by atoms with Crippen molar-refractivity contribution in [2.45, 2.75) is 13.8 Å². The summed E-state index contributed by atoms with van der Waals surface area (Å²) < 4.78 is 0. The maximum Gasteiger partial charge on any atom is 0.192 e. The summed E-state index contributed by atoms with van der Waals surface area (Å²) in [4.78, 5) is 12.0. The highest BCUT2D eigenvalue weighted by Gasteiger charge is 2.08. The lowest BCUT2D eigenvalue weighted by Crippen LogP contribution is -2.02. The summed E-state index contributed by atoms with van der Waals surface area (Å²) >= 11 is 0. The molecule has 0 amide bonds. The third-order valence-corrected chi connectivity index (χ3v) is 1.86. The number of Topliss-reactive ketones (excluding diaryl/α,β-unsaturated/α-hetero) is 1. The van der Waals surface area contributed by atoms with Gasteiger partial charge in [-0.25, -0.2) is 0 Å². The lowest BCUT2D eigenvalue weighted by molar-refractivity contribution is -0.111. The second kappa shape index (κ2) is 8.42. The summed E-state index contributed by atoms with van der Waals surface area (Å²) in [5.74, 6) is -0.0499. The van der Waals surface area contributed by atoms with Gasteiger partial charge in [0.1, 0.15) is 0 Å². The van der Waals surface area contributed by atoms with Crippen LogP contribution in [0.1, 0.15) is 13.8 Å². The van der Waals surface area contributed by atoms with Crippen LogP contribution < -0.4 is 0 Å². The van der Waals surface area contributed by atoms with Crippen molar-refractivity contribution in [1.82, 2.24) is 0 Å². The van der Waals surface area contributed by atoms with Gasteiger partial charge in [0.25, 0.3) is 0 Å². The summed E-state index contributed by atoms with van der Waals surface area (Å²) in [5, 5.41) is 0. The normalized spacial score (nSPS) is 13.4. The number of rotatable bonds is 6. The summed E-state index contributed by atoms with van der Waals surface area (Å²) in [6, 6.07) is 0. The van der Waals surface area contributed by atoms with Crippen molar-refractivity contribution in [2.24, 2.45) is 0 Å². The molecule has 0 bridgehead atoms. The molecule has 0 radical (unpaired) electrons. The van der Waals surface area contributed by atoms with Gasteiger partial charge in [-0.05, 0) is 13.8 Å². The average molecular weight is 214 g/mol. The molecule has 0 aromatic heterocycles. The first-order valence-electron chi connectivity index (χ1n) is 5.16. The van der Waals surface area contributed by atoms with E-state index in [0.717, 1.165) is 0 Å². The molecule has 0 atom stereocenters. The van der Waals surface area contributed by atoms with Gasteiger partial charge in [-0.2, -0.15) is 0 Å². The zero-order valence-electron chi connectivity index (χ0n) is 9.94. The molecule has 84 valence electrons. The summed E-state index contributed by atoms with van der Waals surface area (Å²) in [7, 11) is 0. The van der Waals surface area contributed by atoms with Crippen LogP contribution in [0.3, 0.4) is 0 Å². The van der Waals surface area contributed by atoms with Crippen molar-refractivity contribution in [2.75, 3.05) is 0 Å². The maximum absolute atomic E-state index is 12.0. The van der Waals surface area contributed by atoms with Crippen LogP contribution in [-0.4, -0.2) is 5.78 Å². The Kier molecular flexibility index (Phi) is 7.43. The molecule has 0 aromatic carbocycles. The van der Waals surface area contributed by atoms with Crippen LogP contribution in [0.4, 0.5) is 0 Å².